The molecule has 1 aliphatic rings. The van der Waals surface area contributed by atoms with Gasteiger partial charge >= 0.3 is 0 Å². The Bertz CT molecular complexity index is 687. The Labute approximate surface area is 148 Å². The number of pyridine rings is 1. The summed E-state index contributed by atoms with van der Waals surface area (Å²) >= 11 is 6.21. The predicted octanol–water partition coefficient (Wildman–Crippen LogP) is 4.73. The van der Waals surface area contributed by atoms with Gasteiger partial charge in [0.15, 0.2) is 0 Å². The molecule has 1 N–H and O–H groups in total. The Morgan fingerprint density at radius 3 is 2.88 bits per heavy atom. The molecule has 0 radical (unpaired) electrons. The summed E-state index contributed by atoms with van der Waals surface area (Å²) < 4.78 is 5.21. The second kappa shape index (κ2) is 8.32. The van der Waals surface area contributed by atoms with Gasteiger partial charge in [-0.1, -0.05) is 35.9 Å². The molecule has 1 aliphatic carbocycles. The summed E-state index contributed by atoms with van der Waals surface area (Å²) in [6.45, 7) is 0.808. The number of ether oxygens (including phenoxy) is 1. The number of nitrogens with zero attached hydrogens (tertiary/aromatic N) is 1. The zero-order chi connectivity index (χ0) is 16.8. The zero-order valence-electron chi connectivity index (χ0n) is 13.9. The molecule has 1 aromatic heterocycles. The highest BCUT2D eigenvalue weighted by Crippen LogP contribution is 2.29. The fraction of sp³-hybridized carbons (Fsp3) is 0.350. The second-order valence-electron chi connectivity index (χ2n) is 6.21. The number of rotatable bonds is 5. The quantitative estimate of drug-likeness (QED) is 0.798. The number of aromatic nitrogens is 1. The summed E-state index contributed by atoms with van der Waals surface area (Å²) in [6.07, 6.45) is 11.7. The Kier molecular flexibility index (Phi) is 5.89. The number of hydrogen-bond donors (Lipinski definition) is 1. The van der Waals surface area contributed by atoms with Crippen LogP contribution in [0.25, 0.3) is 0 Å². The Morgan fingerprint density at radius 1 is 1.25 bits per heavy atom. The van der Waals surface area contributed by atoms with Crippen molar-refractivity contribution in [2.75, 3.05) is 7.11 Å². The lowest BCUT2D eigenvalue weighted by Gasteiger charge is -2.21. The van der Waals surface area contributed by atoms with Gasteiger partial charge in [-0.2, -0.15) is 0 Å². The highest BCUT2D eigenvalue weighted by atomic mass is 35.5. The third-order valence-electron chi connectivity index (χ3n) is 4.54. The molecule has 2 unspecified atom stereocenters. The molecular weight excluding hydrogens is 320 g/mol. The van der Waals surface area contributed by atoms with Crippen LogP contribution >= 0.6 is 11.6 Å². The maximum absolute atomic E-state index is 6.21. The van der Waals surface area contributed by atoms with Gasteiger partial charge in [-0.25, -0.2) is 0 Å². The van der Waals surface area contributed by atoms with Crippen molar-refractivity contribution in [1.29, 1.82) is 0 Å². The van der Waals surface area contributed by atoms with Crippen LogP contribution in [0, 0.1) is 0 Å². The van der Waals surface area contributed by atoms with E-state index in [0.717, 1.165) is 31.6 Å². The lowest BCUT2D eigenvalue weighted by atomic mass is 9.91. The molecule has 126 valence electrons. The molecule has 0 amide bonds. The molecule has 0 bridgehead atoms. The predicted molar refractivity (Wildman–Crippen MR) is 98.6 cm³/mol. The molecule has 2 aromatic rings. The van der Waals surface area contributed by atoms with Crippen molar-refractivity contribution in [3.63, 3.8) is 0 Å². The van der Waals surface area contributed by atoms with E-state index in [-0.39, 0.29) is 0 Å². The van der Waals surface area contributed by atoms with Crippen molar-refractivity contribution < 1.29 is 4.74 Å². The number of hydrogen-bond acceptors (Lipinski definition) is 3. The number of nitrogens with one attached hydrogen (secondary N) is 1. The van der Waals surface area contributed by atoms with E-state index in [1.165, 1.54) is 11.1 Å². The van der Waals surface area contributed by atoms with Crippen LogP contribution in [0.1, 0.15) is 36.3 Å². The molecule has 1 heterocycles. The molecule has 0 saturated carbocycles. The van der Waals surface area contributed by atoms with Crippen LogP contribution in [-0.2, 0) is 6.54 Å². The molecule has 2 atom stereocenters. The van der Waals surface area contributed by atoms with Gasteiger partial charge in [-0.15, -0.1) is 0 Å². The van der Waals surface area contributed by atoms with E-state index >= 15 is 0 Å². The van der Waals surface area contributed by atoms with Crippen molar-refractivity contribution in [2.45, 2.75) is 37.8 Å². The minimum Gasteiger partial charge on any atom is -0.495 e. The first-order chi connectivity index (χ1) is 11.8. The second-order valence-corrected chi connectivity index (χ2v) is 6.62. The maximum Gasteiger partial charge on any atom is 0.137 e. The van der Waals surface area contributed by atoms with Gasteiger partial charge in [0.25, 0.3) is 0 Å². The van der Waals surface area contributed by atoms with E-state index in [1.54, 1.807) is 7.11 Å². The van der Waals surface area contributed by atoms with Gasteiger partial charge in [0.1, 0.15) is 5.75 Å². The summed E-state index contributed by atoms with van der Waals surface area (Å²) in [4.78, 5) is 4.26. The zero-order valence-corrected chi connectivity index (χ0v) is 14.7. The van der Waals surface area contributed by atoms with Gasteiger partial charge in [-0.05, 0) is 54.5 Å². The lowest BCUT2D eigenvalue weighted by molar-refractivity contribution is 0.414. The Balaban J connectivity index is 1.62. The molecule has 4 heteroatoms. The number of benzene rings is 1. The third-order valence-corrected chi connectivity index (χ3v) is 4.84. The van der Waals surface area contributed by atoms with Crippen molar-refractivity contribution >= 4 is 11.6 Å². The van der Waals surface area contributed by atoms with Crippen molar-refractivity contribution in [3.8, 4) is 5.75 Å². The first kappa shape index (κ1) is 17.0. The number of methoxy groups -OCH3 is 1. The van der Waals surface area contributed by atoms with E-state index in [9.17, 15) is 0 Å². The highest BCUT2D eigenvalue weighted by Gasteiger charge is 2.19. The molecule has 1 aromatic carbocycles. The Hall–Kier alpha value is -1.84. The molecule has 3 rings (SSSR count). The molecular formula is C20H23ClN2O. The molecule has 0 spiro atoms. The van der Waals surface area contributed by atoms with Crippen LogP contribution in [0.4, 0.5) is 0 Å². The van der Waals surface area contributed by atoms with E-state index in [4.69, 9.17) is 16.3 Å². The monoisotopic (exact) mass is 342 g/mol. The average Bonchev–Trinajstić information content (AvgIpc) is 2.86. The van der Waals surface area contributed by atoms with Crippen LogP contribution in [0.3, 0.4) is 0 Å². The molecule has 0 aliphatic heterocycles. The molecule has 24 heavy (non-hydrogen) atoms. The maximum atomic E-state index is 6.21. The summed E-state index contributed by atoms with van der Waals surface area (Å²) in [6, 6.07) is 10.6. The lowest BCUT2D eigenvalue weighted by Crippen LogP contribution is -2.29. The SMILES string of the molecule is COc1ccc(CNC2CC=CCC(c3cccnc3)C2)cc1Cl. The van der Waals surface area contributed by atoms with Gasteiger partial charge in [-0.3, -0.25) is 4.98 Å². The molecule has 0 saturated heterocycles. The first-order valence-corrected chi connectivity index (χ1v) is 8.75. The first-order valence-electron chi connectivity index (χ1n) is 8.37. The van der Waals surface area contributed by atoms with E-state index in [2.05, 4.69) is 34.6 Å². The number of halogens is 1. The summed E-state index contributed by atoms with van der Waals surface area (Å²) in [5.41, 5.74) is 2.50. The van der Waals surface area contributed by atoms with Gasteiger partial charge in [0.2, 0.25) is 0 Å². The fourth-order valence-corrected chi connectivity index (χ4v) is 3.48. The largest absolute Gasteiger partial charge is 0.495 e. The average molecular weight is 343 g/mol. The van der Waals surface area contributed by atoms with E-state index < -0.39 is 0 Å². The molecule has 3 nitrogen and oxygen atoms in total. The van der Waals surface area contributed by atoms with Crippen LogP contribution in [0.15, 0.2) is 54.9 Å². The minimum atomic E-state index is 0.454. The summed E-state index contributed by atoms with van der Waals surface area (Å²) in [5.74, 6) is 1.24. The molecule has 0 fully saturated rings. The van der Waals surface area contributed by atoms with Crippen LogP contribution < -0.4 is 10.1 Å². The summed E-state index contributed by atoms with van der Waals surface area (Å²) in [7, 11) is 1.63. The highest BCUT2D eigenvalue weighted by molar-refractivity contribution is 6.32. The topological polar surface area (TPSA) is 34.1 Å². The minimum absolute atomic E-state index is 0.454. The van der Waals surface area contributed by atoms with Crippen molar-refractivity contribution in [3.05, 3.63) is 71.0 Å². The van der Waals surface area contributed by atoms with Crippen molar-refractivity contribution in [2.24, 2.45) is 0 Å². The Morgan fingerprint density at radius 2 is 2.12 bits per heavy atom. The summed E-state index contributed by atoms with van der Waals surface area (Å²) in [5, 5.41) is 4.33. The fourth-order valence-electron chi connectivity index (χ4n) is 3.20. The van der Waals surface area contributed by atoms with E-state index in [0.29, 0.717) is 17.0 Å². The van der Waals surface area contributed by atoms with Gasteiger partial charge in [0.05, 0.1) is 12.1 Å². The third kappa shape index (κ3) is 4.37. The van der Waals surface area contributed by atoms with Gasteiger partial charge in [0, 0.05) is 25.0 Å². The smallest absolute Gasteiger partial charge is 0.137 e. The number of allylic oxidation sites excluding steroid dienone is 1. The van der Waals surface area contributed by atoms with E-state index in [1.807, 2.05) is 30.6 Å². The standard InChI is InChI=1S/C20H23ClN2O/c1-24-20-9-8-15(11-19(20)21)13-23-18-7-3-2-5-16(12-18)17-6-4-10-22-14-17/h2-4,6,8-11,14,16,18,23H,5,7,12-13H2,1H3. The van der Waals surface area contributed by atoms with Crippen LogP contribution in [0.2, 0.25) is 5.02 Å². The normalized spacial score (nSPS) is 20.6. The van der Waals surface area contributed by atoms with Crippen molar-refractivity contribution in [1.82, 2.24) is 10.3 Å². The van der Waals surface area contributed by atoms with Crippen LogP contribution in [-0.4, -0.2) is 18.1 Å². The van der Waals surface area contributed by atoms with Crippen LogP contribution in [0.5, 0.6) is 5.75 Å². The van der Waals surface area contributed by atoms with Gasteiger partial charge < -0.3 is 10.1 Å².